The summed E-state index contributed by atoms with van der Waals surface area (Å²) in [7, 11) is 0. The lowest BCUT2D eigenvalue weighted by molar-refractivity contribution is 0.334. The number of fused-ring (bicyclic) bond motifs is 13. The zero-order valence-corrected chi connectivity index (χ0v) is 50.6. The maximum atomic E-state index is 2.84. The van der Waals surface area contributed by atoms with Gasteiger partial charge in [-0.2, -0.15) is 0 Å². The predicted molar refractivity (Wildman–Crippen MR) is 343 cm³/mol. The average Bonchev–Trinajstić information content (AvgIpc) is 1.88. The topological polar surface area (TPSA) is 9.86 Å². The van der Waals surface area contributed by atoms with Crippen LogP contribution in [-0.2, 0) is 39.9 Å². The Kier molecular flexibility index (Phi) is 9.89. The van der Waals surface area contributed by atoms with E-state index in [0.29, 0.717) is 0 Å². The van der Waals surface area contributed by atoms with Crippen LogP contribution in [0.1, 0.15) is 179 Å². The summed E-state index contributed by atoms with van der Waals surface area (Å²) < 4.78 is 5.66. The fourth-order valence-electron chi connectivity index (χ4n) is 16.6. The molecule has 0 atom stereocenters. The summed E-state index contributed by atoms with van der Waals surface area (Å²) >= 11 is 0. The molecule has 0 unspecified atom stereocenters. The van der Waals surface area contributed by atoms with Crippen molar-refractivity contribution < 1.29 is 0 Å². The minimum Gasteiger partial charge on any atom is -0.310 e. The SMILES string of the molecule is CC(C)(C)Cc1cc2c3c(c1)c1cc(CC(C)(C)C)cc4c1n3-c1c(ccc3c1B2c1c2c(cc5c(-c6ccc(C(C)(C)C)cc6)c(-c6ccc(C(C)(C)C)cc6)n-3c15)C(C)(C)CCC2(C)C)C41c2ccccc2-c2ccccc21. The van der Waals surface area contributed by atoms with Gasteiger partial charge in [-0.1, -0.05) is 226 Å². The first kappa shape index (κ1) is 50.2. The second-order valence-corrected chi connectivity index (χ2v) is 31.2. The van der Waals surface area contributed by atoms with Gasteiger partial charge >= 0.3 is 0 Å². The molecule has 400 valence electrons. The summed E-state index contributed by atoms with van der Waals surface area (Å²) in [5, 5.41) is 4.19. The van der Waals surface area contributed by atoms with Gasteiger partial charge < -0.3 is 9.13 Å². The highest BCUT2D eigenvalue weighted by Crippen LogP contribution is 2.63. The van der Waals surface area contributed by atoms with Gasteiger partial charge in [0.1, 0.15) is 0 Å². The fourth-order valence-corrected chi connectivity index (χ4v) is 16.6. The van der Waals surface area contributed by atoms with Crippen molar-refractivity contribution in [2.24, 2.45) is 10.8 Å². The lowest BCUT2D eigenvalue weighted by atomic mass is 9.31. The third kappa shape index (κ3) is 6.67. The van der Waals surface area contributed by atoms with Gasteiger partial charge in [0, 0.05) is 44.1 Å². The molecule has 80 heavy (non-hydrogen) atoms. The van der Waals surface area contributed by atoms with E-state index < -0.39 is 5.41 Å². The zero-order valence-electron chi connectivity index (χ0n) is 50.6. The molecule has 5 aliphatic rings. The van der Waals surface area contributed by atoms with E-state index in [0.717, 1.165) is 25.7 Å². The molecule has 8 aromatic carbocycles. The van der Waals surface area contributed by atoms with E-state index in [2.05, 4.69) is 259 Å². The largest absolute Gasteiger partial charge is 0.310 e. The smallest absolute Gasteiger partial charge is 0.252 e. The first-order chi connectivity index (χ1) is 37.7. The third-order valence-corrected chi connectivity index (χ3v) is 20.0. The van der Waals surface area contributed by atoms with Crippen LogP contribution >= 0.6 is 0 Å². The summed E-state index contributed by atoms with van der Waals surface area (Å²) in [5.74, 6) is 0. The second kappa shape index (κ2) is 15.8. The van der Waals surface area contributed by atoms with Crippen LogP contribution < -0.4 is 16.4 Å². The van der Waals surface area contributed by atoms with Crippen LogP contribution in [0.15, 0.2) is 140 Å². The maximum Gasteiger partial charge on any atom is 0.252 e. The summed E-state index contributed by atoms with van der Waals surface area (Å²) in [6.45, 7) is 38.8. The van der Waals surface area contributed by atoms with Gasteiger partial charge in [0.15, 0.2) is 0 Å². The Morgan fingerprint density at radius 3 is 1.56 bits per heavy atom. The molecule has 0 bridgehead atoms. The van der Waals surface area contributed by atoms with E-state index in [-0.39, 0.29) is 39.2 Å². The quantitative estimate of drug-likeness (QED) is 0.156. The molecule has 0 fully saturated rings. The zero-order chi connectivity index (χ0) is 55.9. The number of aromatic nitrogens is 2. The summed E-state index contributed by atoms with van der Waals surface area (Å²) in [6.07, 6.45) is 4.27. The van der Waals surface area contributed by atoms with E-state index in [9.17, 15) is 0 Å². The van der Waals surface area contributed by atoms with E-state index in [1.54, 1.807) is 5.56 Å². The van der Waals surface area contributed by atoms with Crippen LogP contribution in [0.25, 0.3) is 77.6 Å². The van der Waals surface area contributed by atoms with Crippen LogP contribution in [0.5, 0.6) is 0 Å². The molecule has 0 N–H and O–H groups in total. The Bertz CT molecular complexity index is 4320. The Hall–Kier alpha value is -6.84. The number of hydrogen-bond donors (Lipinski definition) is 0. The number of nitrogens with zero attached hydrogens (tertiary/aromatic N) is 2. The van der Waals surface area contributed by atoms with Crippen molar-refractivity contribution in [2.45, 2.75) is 164 Å². The van der Waals surface area contributed by atoms with E-state index in [1.165, 1.54) is 144 Å². The molecule has 2 aliphatic carbocycles. The minimum atomic E-state index is -0.556. The summed E-state index contributed by atoms with van der Waals surface area (Å²) in [4.78, 5) is 0. The maximum absolute atomic E-state index is 2.84. The summed E-state index contributed by atoms with van der Waals surface area (Å²) in [6, 6.07) is 57.0. The molecule has 5 heterocycles. The van der Waals surface area contributed by atoms with Gasteiger partial charge in [-0.15, -0.1) is 0 Å². The van der Waals surface area contributed by atoms with Crippen molar-refractivity contribution in [1.29, 1.82) is 0 Å². The highest BCUT2D eigenvalue weighted by molar-refractivity contribution is 7.00. The molecule has 10 aromatic rings. The van der Waals surface area contributed by atoms with Crippen LogP contribution in [-0.4, -0.2) is 15.8 Å². The molecule has 2 nitrogen and oxygen atoms in total. The van der Waals surface area contributed by atoms with Gasteiger partial charge in [-0.25, -0.2) is 0 Å². The molecular formula is C77H79BN2. The number of benzene rings is 8. The van der Waals surface area contributed by atoms with E-state index in [4.69, 9.17) is 0 Å². The highest BCUT2D eigenvalue weighted by atomic mass is 15.1. The second-order valence-electron chi connectivity index (χ2n) is 31.2. The minimum absolute atomic E-state index is 0.0148. The van der Waals surface area contributed by atoms with Crippen molar-refractivity contribution in [3.05, 3.63) is 195 Å². The van der Waals surface area contributed by atoms with Gasteiger partial charge in [0.2, 0.25) is 0 Å². The fraction of sp³-hybridized carbons (Fsp3) is 0.351. The van der Waals surface area contributed by atoms with Crippen LogP contribution in [0.4, 0.5) is 0 Å². The van der Waals surface area contributed by atoms with E-state index in [1.807, 2.05) is 0 Å². The number of hydrogen-bond acceptors (Lipinski definition) is 0. The Morgan fingerprint density at radius 2 is 0.988 bits per heavy atom. The van der Waals surface area contributed by atoms with Crippen LogP contribution in [0.2, 0.25) is 0 Å². The third-order valence-electron chi connectivity index (χ3n) is 20.0. The summed E-state index contributed by atoms with van der Waals surface area (Å²) in [5.41, 5.74) is 33.1. The molecule has 3 aliphatic heterocycles. The normalized spacial score (nSPS) is 16.8. The Balaban J connectivity index is 1.20. The lowest BCUT2D eigenvalue weighted by Crippen LogP contribution is -2.63. The van der Waals surface area contributed by atoms with Crippen molar-refractivity contribution in [2.75, 3.05) is 0 Å². The molecule has 3 heteroatoms. The molecular weight excluding hydrogens is 964 g/mol. The average molecular weight is 1040 g/mol. The standard InChI is InChI=1S/C77H79BN2/c1-71(2,3)42-44-37-52-53-38-45(43-72(4,5)6)40-60-68(53)80-67(52)59(39-44)77(55-23-19-17-21-50(55)51-22-18-20-24-56(51)77)57-33-34-61-64(70(57)80)78(60)65-63-58(75(13,14)35-36-76(63,15)16)41-54-62(46-25-29-48(30-26-46)73(7,8)9)66(79(61)69(54)65)47-27-31-49(32-28-47)74(10,11)12/h17-34,37-41H,35-36,42-43H2,1-16H3. The van der Waals surface area contributed by atoms with E-state index >= 15 is 0 Å². The Morgan fingerprint density at radius 1 is 0.450 bits per heavy atom. The van der Waals surface area contributed by atoms with Crippen molar-refractivity contribution in [3.8, 4) is 44.9 Å². The van der Waals surface area contributed by atoms with Gasteiger partial charge in [-0.3, -0.25) is 0 Å². The van der Waals surface area contributed by atoms with Gasteiger partial charge in [0.05, 0.1) is 16.6 Å². The number of rotatable bonds is 4. The van der Waals surface area contributed by atoms with Crippen LogP contribution in [0.3, 0.4) is 0 Å². The highest BCUT2D eigenvalue weighted by Gasteiger charge is 2.56. The van der Waals surface area contributed by atoms with Crippen LogP contribution in [0, 0.1) is 10.8 Å². The molecule has 2 aromatic heterocycles. The molecule has 1 spiro atoms. The molecule has 0 saturated heterocycles. The lowest BCUT2D eigenvalue weighted by Gasteiger charge is -2.47. The molecule has 0 radical (unpaired) electrons. The van der Waals surface area contributed by atoms with Crippen molar-refractivity contribution in [3.63, 3.8) is 0 Å². The molecule has 0 saturated carbocycles. The van der Waals surface area contributed by atoms with Crippen molar-refractivity contribution in [1.82, 2.24) is 9.13 Å². The molecule has 0 amide bonds. The first-order valence-corrected chi connectivity index (χ1v) is 30.2. The van der Waals surface area contributed by atoms with Gasteiger partial charge in [0.25, 0.3) is 6.71 Å². The molecule has 15 rings (SSSR count). The monoisotopic (exact) mass is 1040 g/mol. The van der Waals surface area contributed by atoms with Crippen molar-refractivity contribution >= 4 is 55.8 Å². The predicted octanol–water partition coefficient (Wildman–Crippen LogP) is 18.0. The van der Waals surface area contributed by atoms with Gasteiger partial charge in [-0.05, 0) is 177 Å². The first-order valence-electron chi connectivity index (χ1n) is 30.2. The Labute approximate surface area is 476 Å².